The zero-order chi connectivity index (χ0) is 14.8. The molecule has 1 amide bonds. The summed E-state index contributed by atoms with van der Waals surface area (Å²) in [5, 5.41) is 21.1. The molecule has 1 aromatic heterocycles. The lowest BCUT2D eigenvalue weighted by Crippen LogP contribution is -2.25. The number of benzene rings is 1. The molecule has 1 saturated carbocycles. The Morgan fingerprint density at radius 2 is 2.00 bits per heavy atom. The second-order valence-electron chi connectivity index (χ2n) is 4.87. The molecule has 3 rings (SSSR count). The summed E-state index contributed by atoms with van der Waals surface area (Å²) >= 11 is 1.41. The Balaban J connectivity index is 1.56. The van der Waals surface area contributed by atoms with E-state index in [1.807, 2.05) is 30.3 Å². The van der Waals surface area contributed by atoms with Crippen molar-refractivity contribution in [3.8, 4) is 10.6 Å². The Hall–Kier alpha value is -2.28. The van der Waals surface area contributed by atoms with E-state index in [2.05, 4.69) is 15.5 Å². The summed E-state index contributed by atoms with van der Waals surface area (Å²) in [6.45, 7) is 0.284. The van der Waals surface area contributed by atoms with Gasteiger partial charge in [0.25, 0.3) is 0 Å². The second kappa shape index (κ2) is 5.61. The van der Waals surface area contributed by atoms with Gasteiger partial charge >= 0.3 is 5.97 Å². The molecule has 1 fully saturated rings. The lowest BCUT2D eigenvalue weighted by molar-refractivity contribution is -0.140. The molecule has 21 heavy (non-hydrogen) atoms. The van der Waals surface area contributed by atoms with Gasteiger partial charge < -0.3 is 10.4 Å². The molecule has 0 saturated heterocycles. The summed E-state index contributed by atoms with van der Waals surface area (Å²) in [7, 11) is 0. The summed E-state index contributed by atoms with van der Waals surface area (Å²) in [4.78, 5) is 22.5. The highest BCUT2D eigenvalue weighted by Crippen LogP contribution is 2.38. The molecule has 2 aromatic rings. The average molecular weight is 303 g/mol. The van der Waals surface area contributed by atoms with Crippen molar-refractivity contribution >= 4 is 23.2 Å². The van der Waals surface area contributed by atoms with Gasteiger partial charge in [-0.3, -0.25) is 9.59 Å². The monoisotopic (exact) mass is 303 g/mol. The number of aliphatic carboxylic acids is 1. The Bertz CT molecular complexity index is 671. The van der Waals surface area contributed by atoms with Gasteiger partial charge in [-0.15, -0.1) is 10.2 Å². The number of aromatic nitrogens is 2. The first-order valence-electron chi connectivity index (χ1n) is 6.53. The van der Waals surface area contributed by atoms with Gasteiger partial charge in [0, 0.05) is 5.56 Å². The van der Waals surface area contributed by atoms with Gasteiger partial charge in [-0.2, -0.15) is 0 Å². The molecule has 1 aromatic carbocycles. The fourth-order valence-corrected chi connectivity index (χ4v) is 2.86. The van der Waals surface area contributed by atoms with Crippen LogP contribution in [0.4, 0.5) is 0 Å². The Labute approximate surface area is 124 Å². The van der Waals surface area contributed by atoms with Gasteiger partial charge in [-0.05, 0) is 6.42 Å². The molecule has 2 N–H and O–H groups in total. The maximum absolute atomic E-state index is 11.8. The predicted octanol–water partition coefficient (Wildman–Crippen LogP) is 1.54. The number of carbonyl (C=O) groups excluding carboxylic acids is 1. The third-order valence-electron chi connectivity index (χ3n) is 3.35. The Morgan fingerprint density at radius 3 is 2.67 bits per heavy atom. The number of carboxylic acids is 1. The van der Waals surface area contributed by atoms with Gasteiger partial charge in [0.1, 0.15) is 10.0 Å². The number of hydrogen-bond acceptors (Lipinski definition) is 5. The molecular formula is C14H13N3O3S. The molecule has 6 nitrogen and oxygen atoms in total. The molecule has 1 aliphatic carbocycles. The van der Waals surface area contributed by atoms with E-state index in [1.165, 1.54) is 11.3 Å². The number of rotatable bonds is 5. The summed E-state index contributed by atoms with van der Waals surface area (Å²) in [6, 6.07) is 9.68. The quantitative estimate of drug-likeness (QED) is 0.874. The van der Waals surface area contributed by atoms with E-state index in [0.29, 0.717) is 11.4 Å². The fourth-order valence-electron chi connectivity index (χ4n) is 2.07. The number of hydrogen-bond donors (Lipinski definition) is 2. The van der Waals surface area contributed by atoms with Crippen LogP contribution in [0.2, 0.25) is 0 Å². The van der Waals surface area contributed by atoms with Crippen molar-refractivity contribution in [3.63, 3.8) is 0 Å². The minimum atomic E-state index is -0.905. The minimum Gasteiger partial charge on any atom is -0.481 e. The maximum Gasteiger partial charge on any atom is 0.307 e. The van der Waals surface area contributed by atoms with Crippen molar-refractivity contribution < 1.29 is 14.7 Å². The largest absolute Gasteiger partial charge is 0.481 e. The number of carboxylic acid groups (broad SMARTS) is 1. The van der Waals surface area contributed by atoms with Crippen LogP contribution in [0.3, 0.4) is 0 Å². The molecule has 1 aliphatic rings. The normalized spacial score (nSPS) is 20.0. The lowest BCUT2D eigenvalue weighted by Gasteiger charge is -2.00. The average Bonchev–Trinajstić information content (AvgIpc) is 3.17. The van der Waals surface area contributed by atoms with Crippen molar-refractivity contribution in [2.45, 2.75) is 13.0 Å². The standard InChI is InChI=1S/C14H13N3O3S/c18-12(9-6-10(9)14(19)20)15-7-11-16-17-13(21-11)8-4-2-1-3-5-8/h1-5,9-10H,6-7H2,(H,15,18)(H,19,20)/t9-,10+/m0/s1. The Kier molecular flexibility index (Phi) is 3.66. The molecule has 108 valence electrons. The van der Waals surface area contributed by atoms with Gasteiger partial charge in [-0.25, -0.2) is 0 Å². The van der Waals surface area contributed by atoms with Crippen LogP contribution in [-0.4, -0.2) is 27.2 Å². The van der Waals surface area contributed by atoms with E-state index >= 15 is 0 Å². The number of nitrogens with one attached hydrogen (secondary N) is 1. The first kappa shape index (κ1) is 13.7. The lowest BCUT2D eigenvalue weighted by atomic mass is 10.2. The molecule has 0 unspecified atom stereocenters. The molecular weight excluding hydrogens is 290 g/mol. The van der Waals surface area contributed by atoms with Crippen molar-refractivity contribution in [2.24, 2.45) is 11.8 Å². The van der Waals surface area contributed by atoms with E-state index in [1.54, 1.807) is 0 Å². The van der Waals surface area contributed by atoms with Gasteiger partial charge in [0.15, 0.2) is 0 Å². The molecule has 0 radical (unpaired) electrons. The van der Waals surface area contributed by atoms with E-state index < -0.39 is 17.8 Å². The molecule has 7 heteroatoms. The minimum absolute atomic E-state index is 0.223. The first-order chi connectivity index (χ1) is 10.1. The van der Waals surface area contributed by atoms with Crippen LogP contribution in [-0.2, 0) is 16.1 Å². The smallest absolute Gasteiger partial charge is 0.307 e. The van der Waals surface area contributed by atoms with E-state index in [0.717, 1.165) is 10.6 Å². The van der Waals surface area contributed by atoms with Gasteiger partial charge in [0.05, 0.1) is 18.4 Å². The van der Waals surface area contributed by atoms with Crippen LogP contribution >= 0.6 is 11.3 Å². The highest BCUT2D eigenvalue weighted by atomic mass is 32.1. The molecule has 2 atom stereocenters. The molecule has 0 bridgehead atoms. The van der Waals surface area contributed by atoms with E-state index in [4.69, 9.17) is 5.11 Å². The van der Waals surface area contributed by atoms with E-state index in [-0.39, 0.29) is 12.5 Å². The Morgan fingerprint density at radius 1 is 1.24 bits per heavy atom. The fraction of sp³-hybridized carbons (Fsp3) is 0.286. The molecule has 0 spiro atoms. The van der Waals surface area contributed by atoms with E-state index in [9.17, 15) is 9.59 Å². The highest BCUT2D eigenvalue weighted by molar-refractivity contribution is 7.14. The predicted molar refractivity (Wildman–Crippen MR) is 76.4 cm³/mol. The number of amides is 1. The third-order valence-corrected chi connectivity index (χ3v) is 4.32. The third kappa shape index (κ3) is 3.08. The van der Waals surface area contributed by atoms with Crippen molar-refractivity contribution in [3.05, 3.63) is 35.3 Å². The molecule has 1 heterocycles. The summed E-state index contributed by atoms with van der Waals surface area (Å²) < 4.78 is 0. The zero-order valence-corrected chi connectivity index (χ0v) is 11.8. The topological polar surface area (TPSA) is 92.2 Å². The van der Waals surface area contributed by atoms with Crippen molar-refractivity contribution in [1.82, 2.24) is 15.5 Å². The number of nitrogens with zero attached hydrogens (tertiary/aromatic N) is 2. The summed E-state index contributed by atoms with van der Waals surface area (Å²) in [5.74, 6) is -2.06. The first-order valence-corrected chi connectivity index (χ1v) is 7.35. The molecule has 0 aliphatic heterocycles. The van der Waals surface area contributed by atoms with Crippen LogP contribution in [0, 0.1) is 11.8 Å². The maximum atomic E-state index is 11.8. The van der Waals surface area contributed by atoms with Crippen LogP contribution < -0.4 is 5.32 Å². The van der Waals surface area contributed by atoms with Crippen LogP contribution in [0.1, 0.15) is 11.4 Å². The number of carbonyl (C=O) groups is 2. The van der Waals surface area contributed by atoms with Crippen LogP contribution in [0.5, 0.6) is 0 Å². The van der Waals surface area contributed by atoms with Gasteiger partial charge in [-0.1, -0.05) is 41.7 Å². The zero-order valence-electron chi connectivity index (χ0n) is 11.0. The summed E-state index contributed by atoms with van der Waals surface area (Å²) in [5.41, 5.74) is 0.987. The van der Waals surface area contributed by atoms with Crippen LogP contribution in [0.25, 0.3) is 10.6 Å². The van der Waals surface area contributed by atoms with Crippen molar-refractivity contribution in [2.75, 3.05) is 0 Å². The second-order valence-corrected chi connectivity index (χ2v) is 5.93. The summed E-state index contributed by atoms with van der Waals surface area (Å²) in [6.07, 6.45) is 0.423. The SMILES string of the molecule is O=C(NCc1nnc(-c2ccccc2)s1)[C@H]1C[C@H]1C(=O)O. The van der Waals surface area contributed by atoms with Gasteiger partial charge in [0.2, 0.25) is 5.91 Å². The van der Waals surface area contributed by atoms with Crippen molar-refractivity contribution in [1.29, 1.82) is 0 Å². The van der Waals surface area contributed by atoms with Crippen LogP contribution in [0.15, 0.2) is 30.3 Å². The highest BCUT2D eigenvalue weighted by Gasteiger charge is 2.48.